The summed E-state index contributed by atoms with van der Waals surface area (Å²) >= 11 is 6.25. The highest BCUT2D eigenvalue weighted by Gasteiger charge is 2.17. The van der Waals surface area contributed by atoms with Gasteiger partial charge in [-0.3, -0.25) is 9.59 Å². The first kappa shape index (κ1) is 23.9. The first-order valence-electron chi connectivity index (χ1n) is 9.92. The van der Waals surface area contributed by atoms with E-state index in [4.69, 9.17) is 25.8 Å². The van der Waals surface area contributed by atoms with Gasteiger partial charge >= 0.3 is 0 Å². The standard InChI is InChI=1S/C24H22ClFN2O5/c1-4-33-22-18(25)11-15(12-21(22)32-3)24(30)27-17-8-9-20(31-2)19(13-17)28-23(29)14-6-5-7-16(26)10-14/h5-13H,4H2,1-3H3,(H,27,30)(H,28,29). The molecule has 33 heavy (non-hydrogen) atoms. The Kier molecular flexibility index (Phi) is 7.74. The molecule has 0 radical (unpaired) electrons. The van der Waals surface area contributed by atoms with Gasteiger partial charge in [0.2, 0.25) is 0 Å². The van der Waals surface area contributed by atoms with E-state index in [-0.39, 0.29) is 16.1 Å². The van der Waals surface area contributed by atoms with E-state index in [1.54, 1.807) is 12.1 Å². The lowest BCUT2D eigenvalue weighted by Gasteiger charge is -2.15. The minimum atomic E-state index is -0.528. The summed E-state index contributed by atoms with van der Waals surface area (Å²) in [5, 5.41) is 5.64. The van der Waals surface area contributed by atoms with Crippen molar-refractivity contribution in [3.8, 4) is 17.2 Å². The molecule has 9 heteroatoms. The van der Waals surface area contributed by atoms with E-state index in [1.165, 1.54) is 50.6 Å². The van der Waals surface area contributed by atoms with E-state index in [9.17, 15) is 14.0 Å². The van der Waals surface area contributed by atoms with Gasteiger partial charge in [-0.2, -0.15) is 0 Å². The fourth-order valence-electron chi connectivity index (χ4n) is 3.05. The van der Waals surface area contributed by atoms with Crippen LogP contribution in [0.15, 0.2) is 54.6 Å². The molecule has 3 aromatic carbocycles. The molecule has 3 aromatic rings. The molecule has 0 aliphatic carbocycles. The maximum atomic E-state index is 13.5. The third-order valence-electron chi connectivity index (χ3n) is 4.57. The molecule has 0 bridgehead atoms. The van der Waals surface area contributed by atoms with E-state index >= 15 is 0 Å². The molecule has 3 rings (SSSR count). The zero-order chi connectivity index (χ0) is 24.0. The molecule has 2 amide bonds. The van der Waals surface area contributed by atoms with Gasteiger partial charge in [-0.15, -0.1) is 0 Å². The summed E-state index contributed by atoms with van der Waals surface area (Å²) in [7, 11) is 2.90. The van der Waals surface area contributed by atoms with Gasteiger partial charge in [0.25, 0.3) is 11.8 Å². The van der Waals surface area contributed by atoms with Crippen LogP contribution >= 0.6 is 11.6 Å². The average Bonchev–Trinajstić information content (AvgIpc) is 2.80. The van der Waals surface area contributed by atoms with Crippen molar-refractivity contribution >= 4 is 34.8 Å². The van der Waals surface area contributed by atoms with Gasteiger partial charge in [-0.1, -0.05) is 17.7 Å². The Bertz CT molecular complexity index is 1190. The van der Waals surface area contributed by atoms with Gasteiger partial charge in [0.15, 0.2) is 11.5 Å². The molecule has 0 saturated heterocycles. The molecule has 0 aliphatic heterocycles. The van der Waals surface area contributed by atoms with Crippen molar-refractivity contribution in [3.05, 3.63) is 76.6 Å². The molecule has 172 valence electrons. The second-order valence-electron chi connectivity index (χ2n) is 6.76. The maximum absolute atomic E-state index is 13.5. The Morgan fingerprint density at radius 1 is 0.909 bits per heavy atom. The molecule has 7 nitrogen and oxygen atoms in total. The van der Waals surface area contributed by atoms with Crippen LogP contribution in [0.5, 0.6) is 17.2 Å². The quantitative estimate of drug-likeness (QED) is 0.458. The van der Waals surface area contributed by atoms with Crippen LogP contribution in [-0.2, 0) is 0 Å². The minimum Gasteiger partial charge on any atom is -0.495 e. The second-order valence-corrected chi connectivity index (χ2v) is 7.16. The third kappa shape index (κ3) is 5.72. The van der Waals surface area contributed by atoms with Gasteiger partial charge in [0, 0.05) is 16.8 Å². The fourth-order valence-corrected chi connectivity index (χ4v) is 3.31. The summed E-state index contributed by atoms with van der Waals surface area (Å²) in [6.07, 6.45) is 0. The number of rotatable bonds is 8. The topological polar surface area (TPSA) is 85.9 Å². The molecule has 0 saturated carbocycles. The molecule has 0 fully saturated rings. The Morgan fingerprint density at radius 2 is 1.64 bits per heavy atom. The predicted octanol–water partition coefficient (Wildman–Crippen LogP) is 5.40. The van der Waals surface area contributed by atoms with Crippen LogP contribution in [0.2, 0.25) is 5.02 Å². The van der Waals surface area contributed by atoms with Crippen molar-refractivity contribution in [2.45, 2.75) is 6.92 Å². The van der Waals surface area contributed by atoms with Crippen LogP contribution in [0.1, 0.15) is 27.6 Å². The lowest BCUT2D eigenvalue weighted by Crippen LogP contribution is -2.15. The molecule has 0 spiro atoms. The smallest absolute Gasteiger partial charge is 0.255 e. The Labute approximate surface area is 195 Å². The Morgan fingerprint density at radius 3 is 2.30 bits per heavy atom. The van der Waals surface area contributed by atoms with E-state index in [1.807, 2.05) is 6.92 Å². The minimum absolute atomic E-state index is 0.141. The summed E-state index contributed by atoms with van der Waals surface area (Å²) in [5.41, 5.74) is 1.08. The highest BCUT2D eigenvalue weighted by molar-refractivity contribution is 6.32. The first-order chi connectivity index (χ1) is 15.9. The molecule has 0 atom stereocenters. The van der Waals surface area contributed by atoms with Crippen molar-refractivity contribution in [1.29, 1.82) is 0 Å². The lowest BCUT2D eigenvalue weighted by atomic mass is 10.1. The number of carbonyl (C=O) groups excluding carboxylic acids is 2. The number of amides is 2. The van der Waals surface area contributed by atoms with Crippen LogP contribution in [0.4, 0.5) is 15.8 Å². The SMILES string of the molecule is CCOc1c(Cl)cc(C(=O)Nc2ccc(OC)c(NC(=O)c3cccc(F)c3)c2)cc1OC. The van der Waals surface area contributed by atoms with Crippen LogP contribution in [0.25, 0.3) is 0 Å². The number of benzene rings is 3. The zero-order valence-electron chi connectivity index (χ0n) is 18.2. The highest BCUT2D eigenvalue weighted by atomic mass is 35.5. The molecule has 0 heterocycles. The van der Waals surface area contributed by atoms with Gasteiger partial charge in [0.1, 0.15) is 11.6 Å². The molecule has 0 aliphatic rings. The van der Waals surface area contributed by atoms with E-state index in [2.05, 4.69) is 10.6 Å². The second kappa shape index (κ2) is 10.7. The fraction of sp³-hybridized carbons (Fsp3) is 0.167. The van der Waals surface area contributed by atoms with E-state index < -0.39 is 17.6 Å². The molecular weight excluding hydrogens is 451 g/mol. The normalized spacial score (nSPS) is 10.3. The molecule has 2 N–H and O–H groups in total. The van der Waals surface area contributed by atoms with Crippen molar-refractivity contribution in [2.24, 2.45) is 0 Å². The summed E-state index contributed by atoms with van der Waals surface area (Å²) in [5.74, 6) is -0.467. The van der Waals surface area contributed by atoms with Gasteiger partial charge < -0.3 is 24.8 Å². The van der Waals surface area contributed by atoms with Crippen molar-refractivity contribution < 1.29 is 28.2 Å². The van der Waals surface area contributed by atoms with E-state index in [0.29, 0.717) is 35.2 Å². The van der Waals surface area contributed by atoms with Crippen molar-refractivity contribution in [2.75, 3.05) is 31.5 Å². The van der Waals surface area contributed by atoms with Crippen LogP contribution < -0.4 is 24.8 Å². The monoisotopic (exact) mass is 472 g/mol. The van der Waals surface area contributed by atoms with Crippen molar-refractivity contribution in [1.82, 2.24) is 0 Å². The number of hydrogen-bond acceptors (Lipinski definition) is 5. The predicted molar refractivity (Wildman–Crippen MR) is 124 cm³/mol. The Hall–Kier alpha value is -3.78. The number of ether oxygens (including phenoxy) is 3. The molecule has 0 unspecified atom stereocenters. The highest BCUT2D eigenvalue weighted by Crippen LogP contribution is 2.37. The number of anilines is 2. The summed E-state index contributed by atoms with van der Waals surface area (Å²) in [6, 6.07) is 13.0. The summed E-state index contributed by atoms with van der Waals surface area (Å²) in [4.78, 5) is 25.3. The van der Waals surface area contributed by atoms with Crippen LogP contribution in [0.3, 0.4) is 0 Å². The number of halogens is 2. The summed E-state index contributed by atoms with van der Waals surface area (Å²) < 4.78 is 29.5. The number of nitrogens with one attached hydrogen (secondary N) is 2. The number of carbonyl (C=O) groups is 2. The van der Waals surface area contributed by atoms with Crippen LogP contribution in [-0.4, -0.2) is 32.6 Å². The average molecular weight is 473 g/mol. The van der Waals surface area contributed by atoms with Crippen molar-refractivity contribution in [3.63, 3.8) is 0 Å². The van der Waals surface area contributed by atoms with Crippen LogP contribution in [0, 0.1) is 5.82 Å². The van der Waals surface area contributed by atoms with Gasteiger partial charge in [-0.25, -0.2) is 4.39 Å². The van der Waals surface area contributed by atoms with Gasteiger partial charge in [0.05, 0.1) is 31.5 Å². The van der Waals surface area contributed by atoms with E-state index in [0.717, 1.165) is 6.07 Å². The maximum Gasteiger partial charge on any atom is 0.255 e. The number of hydrogen-bond donors (Lipinski definition) is 2. The Balaban J connectivity index is 1.84. The largest absolute Gasteiger partial charge is 0.495 e. The zero-order valence-corrected chi connectivity index (χ0v) is 19.0. The lowest BCUT2D eigenvalue weighted by molar-refractivity contribution is 0.101. The molecular formula is C24H22ClFN2O5. The number of methoxy groups -OCH3 is 2. The first-order valence-corrected chi connectivity index (χ1v) is 10.3. The third-order valence-corrected chi connectivity index (χ3v) is 4.85. The summed E-state index contributed by atoms with van der Waals surface area (Å²) in [6.45, 7) is 2.20. The van der Waals surface area contributed by atoms with Gasteiger partial charge in [-0.05, 0) is 55.5 Å². The molecule has 0 aromatic heterocycles.